The minimum absolute atomic E-state index is 0.239. The first-order valence-electron chi connectivity index (χ1n) is 9.20. The van der Waals surface area contributed by atoms with Crippen molar-refractivity contribution in [3.05, 3.63) is 64.1 Å². The van der Waals surface area contributed by atoms with Crippen LogP contribution < -0.4 is 15.5 Å². The first kappa shape index (κ1) is 21.6. The van der Waals surface area contributed by atoms with Crippen LogP contribution in [0.15, 0.2) is 48.5 Å². The molecule has 0 radical (unpaired) electrons. The van der Waals surface area contributed by atoms with Crippen molar-refractivity contribution in [2.24, 2.45) is 0 Å². The first-order valence-corrected chi connectivity index (χ1v) is 10.4. The molecule has 0 aliphatic carbocycles. The number of amides is 1. The van der Waals surface area contributed by atoms with Gasteiger partial charge in [-0.25, -0.2) is 0 Å². The smallest absolute Gasteiger partial charge is 0.250 e. The summed E-state index contributed by atoms with van der Waals surface area (Å²) in [7, 11) is 2.12. The van der Waals surface area contributed by atoms with E-state index in [1.807, 2.05) is 18.2 Å². The number of piperazine rings is 1. The zero-order valence-corrected chi connectivity index (χ0v) is 18.3. The van der Waals surface area contributed by atoms with Crippen LogP contribution in [-0.4, -0.2) is 49.1 Å². The van der Waals surface area contributed by atoms with Gasteiger partial charge in [0.05, 0.1) is 11.4 Å². The fourth-order valence-corrected chi connectivity index (χ4v) is 3.69. The third kappa shape index (κ3) is 6.18. The molecule has 152 valence electrons. The Morgan fingerprint density at radius 2 is 1.83 bits per heavy atom. The third-order valence-electron chi connectivity index (χ3n) is 4.61. The van der Waals surface area contributed by atoms with Gasteiger partial charge < -0.3 is 15.1 Å². The van der Waals surface area contributed by atoms with Crippen LogP contribution in [0, 0.1) is 0 Å². The molecule has 8 heteroatoms. The average Bonchev–Trinajstić information content (AvgIpc) is 2.68. The lowest BCUT2D eigenvalue weighted by Gasteiger charge is -2.35. The second kappa shape index (κ2) is 10.1. The zero-order chi connectivity index (χ0) is 20.8. The molecule has 2 aromatic carbocycles. The van der Waals surface area contributed by atoms with Crippen LogP contribution in [0.5, 0.6) is 0 Å². The summed E-state index contributed by atoms with van der Waals surface area (Å²) < 4.78 is 0. The Morgan fingerprint density at radius 3 is 2.55 bits per heavy atom. The van der Waals surface area contributed by atoms with Crippen molar-refractivity contribution in [2.45, 2.75) is 0 Å². The summed E-state index contributed by atoms with van der Waals surface area (Å²) in [4.78, 5) is 16.8. The summed E-state index contributed by atoms with van der Waals surface area (Å²) in [5, 5.41) is 7.06. The summed E-state index contributed by atoms with van der Waals surface area (Å²) in [6.07, 6.45) is 3.00. The fraction of sp³-hybridized carbons (Fsp3) is 0.238. The number of hydrogen-bond acceptors (Lipinski definition) is 4. The number of para-hydroxylation sites is 2. The predicted molar refractivity (Wildman–Crippen MR) is 126 cm³/mol. The molecule has 1 aliphatic rings. The maximum absolute atomic E-state index is 12.2. The molecular weight excluding hydrogens is 427 g/mol. The molecule has 2 N–H and O–H groups in total. The molecule has 1 heterocycles. The molecule has 29 heavy (non-hydrogen) atoms. The summed E-state index contributed by atoms with van der Waals surface area (Å²) in [5.41, 5.74) is 2.64. The molecule has 1 saturated heterocycles. The van der Waals surface area contributed by atoms with Crippen LogP contribution >= 0.6 is 35.4 Å². The van der Waals surface area contributed by atoms with Crippen LogP contribution in [0.2, 0.25) is 10.0 Å². The number of nitrogens with one attached hydrogen (secondary N) is 2. The van der Waals surface area contributed by atoms with Crippen molar-refractivity contribution in [1.82, 2.24) is 10.2 Å². The fourth-order valence-electron chi connectivity index (χ4n) is 3.01. The van der Waals surface area contributed by atoms with E-state index in [0.29, 0.717) is 15.6 Å². The Hall–Kier alpha value is -2.12. The lowest BCUT2D eigenvalue weighted by atomic mass is 10.2. The van der Waals surface area contributed by atoms with Crippen LogP contribution in [0.3, 0.4) is 0 Å². The maximum atomic E-state index is 12.2. The van der Waals surface area contributed by atoms with Gasteiger partial charge >= 0.3 is 0 Å². The highest BCUT2D eigenvalue weighted by Gasteiger charge is 2.17. The summed E-state index contributed by atoms with van der Waals surface area (Å²) >= 11 is 17.3. The van der Waals surface area contributed by atoms with Crippen LogP contribution in [0.25, 0.3) is 6.08 Å². The van der Waals surface area contributed by atoms with Crippen molar-refractivity contribution >= 4 is 63.9 Å². The number of thiocarbonyl (C=S) groups is 1. The van der Waals surface area contributed by atoms with Crippen molar-refractivity contribution in [3.63, 3.8) is 0 Å². The predicted octanol–water partition coefficient (Wildman–Crippen LogP) is 4.27. The van der Waals surface area contributed by atoms with E-state index < -0.39 is 0 Å². The lowest BCUT2D eigenvalue weighted by Crippen LogP contribution is -2.45. The molecule has 1 aliphatic heterocycles. The lowest BCUT2D eigenvalue weighted by molar-refractivity contribution is -0.115. The molecule has 0 aromatic heterocycles. The summed E-state index contributed by atoms with van der Waals surface area (Å²) in [5.74, 6) is -0.342. The maximum Gasteiger partial charge on any atom is 0.250 e. The van der Waals surface area contributed by atoms with Crippen LogP contribution in [0.4, 0.5) is 11.4 Å². The van der Waals surface area contributed by atoms with Crippen molar-refractivity contribution in [1.29, 1.82) is 0 Å². The number of hydrogen-bond donors (Lipinski definition) is 2. The standard InChI is InChI=1S/C21H22Cl2N4OS/c1-26-10-12-27(13-11-26)19-5-3-2-4-18(19)24-21(29)25-20(28)9-7-15-6-8-16(22)14-17(15)23/h2-9,14H,10-13H2,1H3,(H2,24,25,28,29)/b9-7+. The number of nitrogens with zero attached hydrogens (tertiary/aromatic N) is 2. The molecule has 0 saturated carbocycles. The van der Waals surface area contributed by atoms with Gasteiger partial charge in [0.15, 0.2) is 5.11 Å². The molecule has 0 unspecified atom stereocenters. The van der Waals surface area contributed by atoms with Gasteiger partial charge in [-0.3, -0.25) is 10.1 Å². The highest BCUT2D eigenvalue weighted by atomic mass is 35.5. The van der Waals surface area contributed by atoms with Crippen molar-refractivity contribution in [2.75, 3.05) is 43.4 Å². The van der Waals surface area contributed by atoms with Gasteiger partial charge in [-0.2, -0.15) is 0 Å². The highest BCUT2D eigenvalue weighted by Crippen LogP contribution is 2.26. The minimum Gasteiger partial charge on any atom is -0.367 e. The number of carbonyl (C=O) groups excluding carboxylic acids is 1. The molecular formula is C21H22Cl2N4OS. The van der Waals surface area contributed by atoms with Gasteiger partial charge in [-0.15, -0.1) is 0 Å². The van der Waals surface area contributed by atoms with E-state index in [1.165, 1.54) is 6.08 Å². The van der Waals surface area contributed by atoms with Crippen LogP contribution in [0.1, 0.15) is 5.56 Å². The minimum atomic E-state index is -0.342. The van der Waals surface area contributed by atoms with Gasteiger partial charge in [0.2, 0.25) is 5.91 Å². The molecule has 2 aromatic rings. The SMILES string of the molecule is CN1CCN(c2ccccc2NC(=S)NC(=O)/C=C/c2ccc(Cl)cc2Cl)CC1. The number of rotatable bonds is 4. The van der Waals surface area contributed by atoms with E-state index in [9.17, 15) is 4.79 Å². The van der Waals surface area contributed by atoms with E-state index >= 15 is 0 Å². The molecule has 5 nitrogen and oxygen atoms in total. The quantitative estimate of drug-likeness (QED) is 0.539. The Kier molecular flexibility index (Phi) is 7.50. The van der Waals surface area contributed by atoms with Gasteiger partial charge in [-0.05, 0) is 55.2 Å². The molecule has 1 amide bonds. The molecule has 0 spiro atoms. The van der Waals surface area contributed by atoms with E-state index in [1.54, 1.807) is 24.3 Å². The molecule has 0 atom stereocenters. The average molecular weight is 449 g/mol. The third-order valence-corrected chi connectivity index (χ3v) is 5.38. The Bertz CT molecular complexity index is 927. The second-order valence-electron chi connectivity index (χ2n) is 6.75. The van der Waals surface area contributed by atoms with E-state index in [4.69, 9.17) is 35.4 Å². The highest BCUT2D eigenvalue weighted by molar-refractivity contribution is 7.80. The number of carbonyl (C=O) groups is 1. The normalized spacial score (nSPS) is 14.8. The molecule has 3 rings (SSSR count). The van der Waals surface area contributed by atoms with E-state index in [-0.39, 0.29) is 11.0 Å². The zero-order valence-electron chi connectivity index (χ0n) is 16.0. The number of benzene rings is 2. The summed E-state index contributed by atoms with van der Waals surface area (Å²) in [6, 6.07) is 13.0. The first-order chi connectivity index (χ1) is 13.9. The van der Waals surface area contributed by atoms with Crippen molar-refractivity contribution in [3.8, 4) is 0 Å². The van der Waals surface area contributed by atoms with Crippen molar-refractivity contribution < 1.29 is 4.79 Å². The van der Waals surface area contributed by atoms with E-state index in [2.05, 4.69) is 33.5 Å². The largest absolute Gasteiger partial charge is 0.367 e. The monoisotopic (exact) mass is 448 g/mol. The van der Waals surface area contributed by atoms with E-state index in [0.717, 1.165) is 37.6 Å². The molecule has 1 fully saturated rings. The number of likely N-dealkylation sites (N-methyl/N-ethyl adjacent to an activating group) is 1. The van der Waals surface area contributed by atoms with Gasteiger partial charge in [0, 0.05) is 42.3 Å². The Balaban J connectivity index is 1.60. The number of halogens is 2. The van der Waals surface area contributed by atoms with Gasteiger partial charge in [-0.1, -0.05) is 41.4 Å². The molecule has 0 bridgehead atoms. The number of anilines is 2. The van der Waals surface area contributed by atoms with Crippen LogP contribution in [-0.2, 0) is 4.79 Å². The Labute approximate surface area is 186 Å². The Morgan fingerprint density at radius 1 is 1.10 bits per heavy atom. The summed E-state index contributed by atoms with van der Waals surface area (Å²) in [6.45, 7) is 3.90. The second-order valence-corrected chi connectivity index (χ2v) is 8.00. The topological polar surface area (TPSA) is 47.6 Å². The van der Waals surface area contributed by atoms with Gasteiger partial charge in [0.25, 0.3) is 0 Å². The van der Waals surface area contributed by atoms with Gasteiger partial charge in [0.1, 0.15) is 0 Å².